The second-order valence-electron chi connectivity index (χ2n) is 24.9. The van der Waals surface area contributed by atoms with Gasteiger partial charge in [0.15, 0.2) is 6.10 Å². The fourth-order valence-corrected chi connectivity index (χ4v) is 11.0. The van der Waals surface area contributed by atoms with Crippen molar-refractivity contribution < 1.29 is 28.6 Å². The van der Waals surface area contributed by atoms with Gasteiger partial charge in [0.25, 0.3) is 0 Å². The van der Waals surface area contributed by atoms with E-state index in [1.807, 2.05) is 0 Å². The highest BCUT2D eigenvalue weighted by Crippen LogP contribution is 2.18. The molecule has 0 rings (SSSR count). The Balaban J connectivity index is 4.12. The lowest BCUT2D eigenvalue weighted by Gasteiger charge is -2.18. The van der Waals surface area contributed by atoms with Gasteiger partial charge < -0.3 is 14.2 Å². The number of unbranched alkanes of at least 4 members (excludes halogenated alkanes) is 49. The molecule has 6 nitrogen and oxygen atoms in total. The van der Waals surface area contributed by atoms with E-state index in [1.54, 1.807) is 0 Å². The lowest BCUT2D eigenvalue weighted by molar-refractivity contribution is -0.167. The molecular formula is C76H140O6. The summed E-state index contributed by atoms with van der Waals surface area (Å²) in [5.41, 5.74) is 0. The van der Waals surface area contributed by atoms with Crippen LogP contribution in [0.25, 0.3) is 0 Å². The molecule has 0 amide bonds. The number of hydrogen-bond donors (Lipinski definition) is 0. The fourth-order valence-electron chi connectivity index (χ4n) is 11.0. The largest absolute Gasteiger partial charge is 0.462 e. The Labute approximate surface area is 511 Å². The smallest absolute Gasteiger partial charge is 0.306 e. The molecule has 480 valence electrons. The van der Waals surface area contributed by atoms with Crippen molar-refractivity contribution in [2.75, 3.05) is 13.2 Å². The Bertz CT molecular complexity index is 1410. The van der Waals surface area contributed by atoms with E-state index >= 15 is 0 Å². The van der Waals surface area contributed by atoms with Gasteiger partial charge in [-0.3, -0.25) is 14.4 Å². The third kappa shape index (κ3) is 68.2. The Morgan fingerprint density at radius 1 is 0.244 bits per heavy atom. The van der Waals surface area contributed by atoms with Gasteiger partial charge in [0.1, 0.15) is 13.2 Å². The first-order valence-corrected chi connectivity index (χ1v) is 36.6. The van der Waals surface area contributed by atoms with Gasteiger partial charge in [0, 0.05) is 19.3 Å². The van der Waals surface area contributed by atoms with Crippen LogP contribution in [0.3, 0.4) is 0 Å². The Morgan fingerprint density at radius 2 is 0.439 bits per heavy atom. The Hall–Kier alpha value is -2.63. The summed E-state index contributed by atoms with van der Waals surface area (Å²) in [5.74, 6) is -0.860. The van der Waals surface area contributed by atoms with Crippen LogP contribution < -0.4 is 0 Å². The minimum Gasteiger partial charge on any atom is -0.462 e. The fraction of sp³-hybridized carbons (Fsp3) is 0.855. The standard InChI is InChI=1S/C76H140O6/c1-4-7-10-13-16-19-22-25-27-29-31-32-33-34-35-36-37-38-39-40-41-42-43-44-46-47-49-51-54-57-60-63-66-69-75(78)81-72-73(71-80-74(77)68-65-62-59-56-53-24-21-18-15-12-9-6-3)82-76(79)70-67-64-61-58-55-52-50-48-45-30-28-26-23-20-17-14-11-8-5-2/h17,20,26,28-29,31,45,48,73H,4-16,18-19,21-25,27,30,32-44,46-47,49-72H2,1-3H3/b20-17-,28-26-,31-29-,48-45-. The summed E-state index contributed by atoms with van der Waals surface area (Å²) >= 11 is 0. The maximum Gasteiger partial charge on any atom is 0.306 e. The maximum atomic E-state index is 12.9. The minimum atomic E-state index is -0.778. The van der Waals surface area contributed by atoms with Crippen molar-refractivity contribution in [3.05, 3.63) is 48.6 Å². The zero-order chi connectivity index (χ0) is 59.2. The monoisotopic (exact) mass is 1150 g/mol. The molecule has 0 saturated carbocycles. The van der Waals surface area contributed by atoms with E-state index in [2.05, 4.69) is 69.4 Å². The number of allylic oxidation sites excluding steroid dienone is 8. The van der Waals surface area contributed by atoms with Crippen LogP contribution in [0.4, 0.5) is 0 Å². The summed E-state index contributed by atoms with van der Waals surface area (Å²) in [4.78, 5) is 38.4. The van der Waals surface area contributed by atoms with Crippen LogP contribution in [-0.4, -0.2) is 37.2 Å². The molecule has 0 bridgehead atoms. The summed E-state index contributed by atoms with van der Waals surface area (Å²) in [5, 5.41) is 0. The van der Waals surface area contributed by atoms with Gasteiger partial charge in [0.05, 0.1) is 0 Å². The van der Waals surface area contributed by atoms with Crippen molar-refractivity contribution in [1.29, 1.82) is 0 Å². The number of rotatable bonds is 68. The van der Waals surface area contributed by atoms with Crippen molar-refractivity contribution >= 4 is 17.9 Å². The van der Waals surface area contributed by atoms with Crippen LogP contribution in [0.15, 0.2) is 48.6 Å². The van der Waals surface area contributed by atoms with Crippen molar-refractivity contribution in [3.8, 4) is 0 Å². The molecule has 0 spiro atoms. The van der Waals surface area contributed by atoms with Crippen LogP contribution in [0.5, 0.6) is 0 Å². The maximum absolute atomic E-state index is 12.9. The highest BCUT2D eigenvalue weighted by molar-refractivity contribution is 5.71. The predicted octanol–water partition coefficient (Wildman–Crippen LogP) is 25.3. The van der Waals surface area contributed by atoms with Crippen molar-refractivity contribution in [1.82, 2.24) is 0 Å². The second kappa shape index (κ2) is 70.9. The molecule has 0 aliphatic rings. The van der Waals surface area contributed by atoms with Gasteiger partial charge in [-0.2, -0.15) is 0 Å². The molecule has 6 heteroatoms. The van der Waals surface area contributed by atoms with Crippen LogP contribution in [0, 0.1) is 0 Å². The van der Waals surface area contributed by atoms with Crippen LogP contribution in [0.2, 0.25) is 0 Å². The van der Waals surface area contributed by atoms with Gasteiger partial charge >= 0.3 is 17.9 Å². The third-order valence-corrected chi connectivity index (χ3v) is 16.6. The first kappa shape index (κ1) is 79.4. The first-order chi connectivity index (χ1) is 40.5. The van der Waals surface area contributed by atoms with Crippen molar-refractivity contribution in [2.45, 2.75) is 406 Å². The van der Waals surface area contributed by atoms with E-state index in [-0.39, 0.29) is 31.1 Å². The molecule has 0 N–H and O–H groups in total. The summed E-state index contributed by atoms with van der Waals surface area (Å²) < 4.78 is 17.0. The highest BCUT2D eigenvalue weighted by atomic mass is 16.6. The summed E-state index contributed by atoms with van der Waals surface area (Å²) in [6.07, 6.45) is 90.2. The third-order valence-electron chi connectivity index (χ3n) is 16.6. The van der Waals surface area contributed by atoms with Crippen LogP contribution in [-0.2, 0) is 28.6 Å². The molecule has 0 heterocycles. The van der Waals surface area contributed by atoms with Crippen molar-refractivity contribution in [3.63, 3.8) is 0 Å². The molecule has 0 aromatic rings. The van der Waals surface area contributed by atoms with E-state index in [0.717, 1.165) is 77.0 Å². The number of carbonyl (C=O) groups excluding carboxylic acids is 3. The molecule has 0 fully saturated rings. The first-order valence-electron chi connectivity index (χ1n) is 36.6. The van der Waals surface area contributed by atoms with E-state index < -0.39 is 6.10 Å². The topological polar surface area (TPSA) is 78.9 Å². The average Bonchev–Trinajstić information content (AvgIpc) is 3.47. The molecule has 0 aliphatic heterocycles. The van der Waals surface area contributed by atoms with Gasteiger partial charge in [-0.1, -0.05) is 345 Å². The lowest BCUT2D eigenvalue weighted by atomic mass is 10.0. The zero-order valence-corrected chi connectivity index (χ0v) is 55.3. The minimum absolute atomic E-state index is 0.0734. The quantitative estimate of drug-likeness (QED) is 0.0261. The molecule has 0 aromatic heterocycles. The SMILES string of the molecule is CCCCC/C=C\C/C=C\C/C=C\CCCCCCCCC(=O)OC(COC(=O)CCCCCCCCCCCCCC)COC(=O)CCCCCCCCCCCCCCCCCCCCCCC/C=C\CCCCCCCCCC. The normalized spacial score (nSPS) is 12.3. The molecule has 1 unspecified atom stereocenters. The Morgan fingerprint density at radius 3 is 0.720 bits per heavy atom. The van der Waals surface area contributed by atoms with Gasteiger partial charge in [0.2, 0.25) is 0 Å². The zero-order valence-electron chi connectivity index (χ0n) is 55.3. The number of ether oxygens (including phenoxy) is 3. The Kier molecular flexibility index (Phi) is 68.6. The molecule has 0 radical (unpaired) electrons. The molecule has 0 aromatic carbocycles. The van der Waals surface area contributed by atoms with Gasteiger partial charge in [-0.05, 0) is 83.5 Å². The van der Waals surface area contributed by atoms with E-state index in [9.17, 15) is 14.4 Å². The number of hydrogen-bond acceptors (Lipinski definition) is 6. The van der Waals surface area contributed by atoms with E-state index in [4.69, 9.17) is 14.2 Å². The lowest BCUT2D eigenvalue weighted by Crippen LogP contribution is -2.30. The van der Waals surface area contributed by atoms with Crippen molar-refractivity contribution in [2.24, 2.45) is 0 Å². The molecule has 0 saturated heterocycles. The van der Waals surface area contributed by atoms with E-state index in [0.29, 0.717) is 19.3 Å². The summed E-state index contributed by atoms with van der Waals surface area (Å²) in [6.45, 7) is 6.66. The van der Waals surface area contributed by atoms with Crippen LogP contribution >= 0.6 is 0 Å². The average molecular weight is 1150 g/mol. The number of carbonyl (C=O) groups is 3. The number of esters is 3. The summed E-state index contributed by atoms with van der Waals surface area (Å²) in [6, 6.07) is 0. The van der Waals surface area contributed by atoms with E-state index in [1.165, 1.54) is 283 Å². The molecule has 0 aliphatic carbocycles. The highest BCUT2D eigenvalue weighted by Gasteiger charge is 2.19. The van der Waals surface area contributed by atoms with Gasteiger partial charge in [-0.25, -0.2) is 0 Å². The molecule has 1 atom stereocenters. The molecular weight excluding hydrogens is 1010 g/mol. The predicted molar refractivity (Wildman–Crippen MR) is 358 cm³/mol. The molecule has 82 heavy (non-hydrogen) atoms. The summed E-state index contributed by atoms with van der Waals surface area (Å²) in [7, 11) is 0. The second-order valence-corrected chi connectivity index (χ2v) is 24.9. The van der Waals surface area contributed by atoms with Gasteiger partial charge in [-0.15, -0.1) is 0 Å². The van der Waals surface area contributed by atoms with Crippen LogP contribution in [0.1, 0.15) is 400 Å².